The molecule has 0 aliphatic rings. The Morgan fingerprint density at radius 1 is 1.15 bits per heavy atom. The van der Waals surface area contributed by atoms with Gasteiger partial charge in [-0.05, 0) is 43.0 Å². The Hall–Kier alpha value is -2.73. The molecule has 0 radical (unpaired) electrons. The lowest BCUT2D eigenvalue weighted by molar-refractivity contribution is -0.147. The van der Waals surface area contributed by atoms with E-state index in [0.29, 0.717) is 11.6 Å². The molecule has 1 amide bonds. The van der Waals surface area contributed by atoms with Crippen molar-refractivity contribution in [1.82, 2.24) is 4.98 Å². The number of carbonyl (C=O) groups excluding carboxylic acids is 2. The molecule has 6 heteroatoms. The van der Waals surface area contributed by atoms with Gasteiger partial charge in [-0.2, -0.15) is 0 Å². The monoisotopic (exact) mass is 368 g/mol. The van der Waals surface area contributed by atoms with E-state index in [0.717, 1.165) is 26.9 Å². The fraction of sp³-hybridized carbons (Fsp3) is 0.250. The van der Waals surface area contributed by atoms with Crippen molar-refractivity contribution in [3.8, 4) is 0 Å². The first-order chi connectivity index (χ1) is 12.5. The fourth-order valence-corrected chi connectivity index (χ4v) is 3.75. The van der Waals surface area contributed by atoms with Crippen LogP contribution in [0.15, 0.2) is 42.5 Å². The number of anilines is 1. The van der Waals surface area contributed by atoms with Gasteiger partial charge in [0.25, 0.3) is 5.91 Å². The zero-order chi connectivity index (χ0) is 18.5. The molecule has 1 N–H and O–H groups in total. The van der Waals surface area contributed by atoms with Crippen LogP contribution in [-0.2, 0) is 20.7 Å². The molecule has 2 aromatic carbocycles. The number of ether oxygens (including phenoxy) is 1. The fourth-order valence-electron chi connectivity index (χ4n) is 2.69. The average molecular weight is 368 g/mol. The zero-order valence-electron chi connectivity index (χ0n) is 14.7. The van der Waals surface area contributed by atoms with Crippen molar-refractivity contribution in [1.29, 1.82) is 0 Å². The number of nitrogens with one attached hydrogen (secondary N) is 1. The highest BCUT2D eigenvalue weighted by Gasteiger charge is 2.12. The molecule has 0 saturated carbocycles. The van der Waals surface area contributed by atoms with Crippen LogP contribution < -0.4 is 5.32 Å². The van der Waals surface area contributed by atoms with Gasteiger partial charge in [0, 0.05) is 6.42 Å². The number of carbonyl (C=O) groups is 2. The molecule has 5 nitrogen and oxygen atoms in total. The maximum atomic E-state index is 12.0. The minimum Gasteiger partial charge on any atom is -0.456 e. The predicted molar refractivity (Wildman–Crippen MR) is 103 cm³/mol. The van der Waals surface area contributed by atoms with E-state index in [1.54, 1.807) is 0 Å². The molecular formula is C20H20N2O3S. The quantitative estimate of drug-likeness (QED) is 0.667. The Balaban J connectivity index is 1.49. The summed E-state index contributed by atoms with van der Waals surface area (Å²) in [6, 6.07) is 13.8. The summed E-state index contributed by atoms with van der Waals surface area (Å²) < 4.78 is 6.07. The topological polar surface area (TPSA) is 68.3 Å². The molecule has 1 heterocycles. The van der Waals surface area contributed by atoms with Gasteiger partial charge >= 0.3 is 5.97 Å². The van der Waals surface area contributed by atoms with Gasteiger partial charge in [-0.1, -0.05) is 47.7 Å². The molecule has 0 fully saturated rings. The first-order valence-corrected chi connectivity index (χ1v) is 9.20. The van der Waals surface area contributed by atoms with E-state index in [2.05, 4.69) is 16.4 Å². The van der Waals surface area contributed by atoms with Crippen LogP contribution in [0.3, 0.4) is 0 Å². The summed E-state index contributed by atoms with van der Waals surface area (Å²) in [5.74, 6) is -0.772. The second-order valence-electron chi connectivity index (χ2n) is 6.14. The highest BCUT2D eigenvalue weighted by atomic mass is 32.1. The Morgan fingerprint density at radius 2 is 1.92 bits per heavy atom. The SMILES string of the molecule is Cc1cc(C)c2nc(NC(=O)COC(=O)CCc3ccccc3)sc2c1. The van der Waals surface area contributed by atoms with Crippen molar-refractivity contribution in [2.24, 2.45) is 0 Å². The number of rotatable bonds is 6. The summed E-state index contributed by atoms with van der Waals surface area (Å²) in [5.41, 5.74) is 4.18. The smallest absolute Gasteiger partial charge is 0.306 e. The molecule has 26 heavy (non-hydrogen) atoms. The number of amides is 1. The highest BCUT2D eigenvalue weighted by molar-refractivity contribution is 7.22. The van der Waals surface area contributed by atoms with Gasteiger partial charge in [0.15, 0.2) is 11.7 Å². The first-order valence-electron chi connectivity index (χ1n) is 8.38. The summed E-state index contributed by atoms with van der Waals surface area (Å²) in [5, 5.41) is 3.21. The number of benzene rings is 2. The largest absolute Gasteiger partial charge is 0.456 e. The van der Waals surface area contributed by atoms with E-state index in [9.17, 15) is 9.59 Å². The molecule has 0 aliphatic heterocycles. The van der Waals surface area contributed by atoms with Crippen LogP contribution in [-0.4, -0.2) is 23.5 Å². The lowest BCUT2D eigenvalue weighted by Gasteiger charge is -2.04. The van der Waals surface area contributed by atoms with E-state index >= 15 is 0 Å². The van der Waals surface area contributed by atoms with Gasteiger partial charge in [-0.15, -0.1) is 0 Å². The molecule has 0 saturated heterocycles. The Morgan fingerprint density at radius 3 is 2.69 bits per heavy atom. The third kappa shape index (κ3) is 4.67. The van der Waals surface area contributed by atoms with Crippen molar-refractivity contribution < 1.29 is 14.3 Å². The summed E-state index contributed by atoms with van der Waals surface area (Å²) in [4.78, 5) is 28.2. The molecule has 0 aliphatic carbocycles. The zero-order valence-corrected chi connectivity index (χ0v) is 15.6. The number of esters is 1. The van der Waals surface area contributed by atoms with Crippen LogP contribution in [0.5, 0.6) is 0 Å². The summed E-state index contributed by atoms with van der Waals surface area (Å²) in [6.45, 7) is 3.72. The molecule has 0 bridgehead atoms. The molecule has 3 rings (SSSR count). The Labute approximate surface area is 156 Å². The molecule has 134 valence electrons. The first kappa shape index (κ1) is 18.1. The normalized spacial score (nSPS) is 10.7. The van der Waals surface area contributed by atoms with Gasteiger partial charge in [-0.3, -0.25) is 14.9 Å². The molecule has 3 aromatic rings. The lowest BCUT2D eigenvalue weighted by Crippen LogP contribution is -2.20. The maximum Gasteiger partial charge on any atom is 0.306 e. The summed E-state index contributed by atoms with van der Waals surface area (Å²) in [6.07, 6.45) is 0.842. The number of hydrogen-bond acceptors (Lipinski definition) is 5. The van der Waals surface area contributed by atoms with Crippen molar-refractivity contribution in [3.63, 3.8) is 0 Å². The van der Waals surface area contributed by atoms with E-state index in [4.69, 9.17) is 4.74 Å². The lowest BCUT2D eigenvalue weighted by atomic mass is 10.1. The van der Waals surface area contributed by atoms with E-state index in [1.807, 2.05) is 50.2 Å². The second kappa shape index (κ2) is 8.10. The van der Waals surface area contributed by atoms with E-state index < -0.39 is 0 Å². The predicted octanol–water partition coefficient (Wildman–Crippen LogP) is 4.03. The number of aryl methyl sites for hydroxylation is 3. The molecule has 0 atom stereocenters. The summed E-state index contributed by atoms with van der Waals surface area (Å²) >= 11 is 1.41. The molecular weight excluding hydrogens is 348 g/mol. The van der Waals surface area contributed by atoms with E-state index in [1.165, 1.54) is 11.3 Å². The number of thiazole rings is 1. The van der Waals surface area contributed by atoms with Crippen LogP contribution in [0.25, 0.3) is 10.2 Å². The minimum absolute atomic E-state index is 0.247. The van der Waals surface area contributed by atoms with Crippen LogP contribution >= 0.6 is 11.3 Å². The number of aromatic nitrogens is 1. The Kier molecular flexibility index (Phi) is 5.63. The second-order valence-corrected chi connectivity index (χ2v) is 7.17. The maximum absolute atomic E-state index is 12.0. The van der Waals surface area contributed by atoms with Gasteiger partial charge in [0.05, 0.1) is 10.2 Å². The standard InChI is InChI=1S/C20H20N2O3S/c1-13-10-14(2)19-16(11-13)26-20(22-19)21-17(23)12-25-18(24)9-8-15-6-4-3-5-7-15/h3-7,10-11H,8-9,12H2,1-2H3,(H,21,22,23). The van der Waals surface area contributed by atoms with Gasteiger partial charge < -0.3 is 4.74 Å². The molecule has 1 aromatic heterocycles. The average Bonchev–Trinajstić information content (AvgIpc) is 3.01. The van der Waals surface area contributed by atoms with Gasteiger partial charge in [-0.25, -0.2) is 4.98 Å². The van der Waals surface area contributed by atoms with Gasteiger partial charge in [0.1, 0.15) is 0 Å². The highest BCUT2D eigenvalue weighted by Crippen LogP contribution is 2.29. The van der Waals surface area contributed by atoms with Crippen molar-refractivity contribution >= 4 is 38.6 Å². The van der Waals surface area contributed by atoms with Crippen LogP contribution in [0, 0.1) is 13.8 Å². The van der Waals surface area contributed by atoms with E-state index in [-0.39, 0.29) is 24.9 Å². The van der Waals surface area contributed by atoms with Crippen molar-refractivity contribution in [2.45, 2.75) is 26.7 Å². The third-order valence-corrected chi connectivity index (χ3v) is 4.82. The third-order valence-electron chi connectivity index (χ3n) is 3.90. The number of nitrogens with zero attached hydrogens (tertiary/aromatic N) is 1. The molecule has 0 spiro atoms. The number of fused-ring (bicyclic) bond motifs is 1. The van der Waals surface area contributed by atoms with Gasteiger partial charge in [0.2, 0.25) is 0 Å². The van der Waals surface area contributed by atoms with Crippen molar-refractivity contribution in [3.05, 3.63) is 59.2 Å². The summed E-state index contributed by atoms with van der Waals surface area (Å²) in [7, 11) is 0. The minimum atomic E-state index is -0.389. The van der Waals surface area contributed by atoms with Crippen LogP contribution in [0.4, 0.5) is 5.13 Å². The van der Waals surface area contributed by atoms with Crippen LogP contribution in [0.2, 0.25) is 0 Å². The number of hydrogen-bond donors (Lipinski definition) is 1. The van der Waals surface area contributed by atoms with Crippen LogP contribution in [0.1, 0.15) is 23.1 Å². The molecule has 0 unspecified atom stereocenters. The Bertz CT molecular complexity index is 935. The van der Waals surface area contributed by atoms with Crippen molar-refractivity contribution in [2.75, 3.05) is 11.9 Å².